The first-order valence-electron chi connectivity index (χ1n) is 7.31. The van der Waals surface area contributed by atoms with Crippen LogP contribution in [-0.4, -0.2) is 15.9 Å². The number of hydrogen-bond acceptors (Lipinski definition) is 2. The Labute approximate surface area is 141 Å². The van der Waals surface area contributed by atoms with Gasteiger partial charge in [0.1, 0.15) is 5.56 Å². The summed E-state index contributed by atoms with van der Waals surface area (Å²) in [6.45, 7) is 0. The number of halogens is 1. The lowest BCUT2D eigenvalue weighted by Crippen LogP contribution is -2.21. The zero-order valence-corrected chi connectivity index (χ0v) is 13.1. The molecule has 5 nitrogen and oxygen atoms in total. The summed E-state index contributed by atoms with van der Waals surface area (Å²) < 4.78 is 0. The number of benzene rings is 2. The monoisotopic (exact) mass is 337 g/mol. The molecule has 0 saturated heterocycles. The normalized spacial score (nSPS) is 11.0. The Morgan fingerprint density at radius 1 is 1.00 bits per heavy atom. The van der Waals surface area contributed by atoms with Gasteiger partial charge in [-0.2, -0.15) is 0 Å². The summed E-state index contributed by atoms with van der Waals surface area (Å²) in [5, 5.41) is 4.63. The Morgan fingerprint density at radius 2 is 1.88 bits per heavy atom. The molecule has 6 heteroatoms. The fourth-order valence-corrected chi connectivity index (χ4v) is 2.86. The van der Waals surface area contributed by atoms with Crippen molar-refractivity contribution >= 4 is 45.0 Å². The van der Waals surface area contributed by atoms with Crippen LogP contribution in [0.1, 0.15) is 10.4 Å². The molecule has 0 fully saturated rings. The SMILES string of the molecule is O=C(Nc1ccc2cc[nH]c2c1)c1c[nH]c2ccc(Cl)cc2c1=O. The molecule has 0 radical (unpaired) electrons. The van der Waals surface area contributed by atoms with Gasteiger partial charge in [-0.3, -0.25) is 9.59 Å². The molecule has 0 atom stereocenters. The van der Waals surface area contributed by atoms with E-state index in [1.54, 1.807) is 24.3 Å². The zero-order valence-electron chi connectivity index (χ0n) is 12.4. The number of pyridine rings is 1. The molecule has 2 aromatic carbocycles. The van der Waals surface area contributed by atoms with E-state index >= 15 is 0 Å². The molecule has 0 aliphatic rings. The van der Waals surface area contributed by atoms with Crippen molar-refractivity contribution in [3.63, 3.8) is 0 Å². The highest BCUT2D eigenvalue weighted by Crippen LogP contribution is 2.19. The minimum Gasteiger partial charge on any atom is -0.361 e. The van der Waals surface area contributed by atoms with Gasteiger partial charge in [-0.05, 0) is 41.8 Å². The molecule has 0 saturated carbocycles. The maximum absolute atomic E-state index is 12.5. The van der Waals surface area contributed by atoms with Crippen molar-refractivity contribution in [1.29, 1.82) is 0 Å². The van der Waals surface area contributed by atoms with Crippen molar-refractivity contribution < 1.29 is 4.79 Å². The number of carbonyl (C=O) groups excluding carboxylic acids is 1. The van der Waals surface area contributed by atoms with E-state index in [9.17, 15) is 9.59 Å². The van der Waals surface area contributed by atoms with Crippen LogP contribution in [0.3, 0.4) is 0 Å². The Hall–Kier alpha value is -3.05. The summed E-state index contributed by atoms with van der Waals surface area (Å²) in [6.07, 6.45) is 3.25. The van der Waals surface area contributed by atoms with Crippen molar-refractivity contribution in [3.05, 3.63) is 75.7 Å². The van der Waals surface area contributed by atoms with Crippen molar-refractivity contribution in [3.8, 4) is 0 Å². The minimum absolute atomic E-state index is 0.0383. The molecule has 0 aliphatic heterocycles. The Bertz CT molecular complexity index is 1140. The molecular formula is C18H12ClN3O2. The van der Waals surface area contributed by atoms with Gasteiger partial charge in [0.2, 0.25) is 5.43 Å². The van der Waals surface area contributed by atoms with Gasteiger partial charge in [0.25, 0.3) is 5.91 Å². The van der Waals surface area contributed by atoms with Gasteiger partial charge in [0.05, 0.1) is 0 Å². The summed E-state index contributed by atoms with van der Waals surface area (Å²) in [7, 11) is 0. The quantitative estimate of drug-likeness (QED) is 0.518. The third-order valence-electron chi connectivity index (χ3n) is 3.90. The van der Waals surface area contributed by atoms with Gasteiger partial charge in [-0.15, -0.1) is 0 Å². The van der Waals surface area contributed by atoms with Crippen LogP contribution in [-0.2, 0) is 0 Å². The van der Waals surface area contributed by atoms with Gasteiger partial charge in [-0.25, -0.2) is 0 Å². The lowest BCUT2D eigenvalue weighted by atomic mass is 10.1. The third-order valence-corrected chi connectivity index (χ3v) is 4.14. The van der Waals surface area contributed by atoms with Crippen molar-refractivity contribution in [2.75, 3.05) is 5.32 Å². The van der Waals surface area contributed by atoms with Crippen LogP contribution in [0.15, 0.2) is 59.7 Å². The van der Waals surface area contributed by atoms with Crippen LogP contribution in [0, 0.1) is 0 Å². The molecule has 0 spiro atoms. The number of aromatic nitrogens is 2. The summed E-state index contributed by atoms with van der Waals surface area (Å²) in [5.74, 6) is -0.468. The first kappa shape index (κ1) is 14.5. The number of aromatic amines is 2. The molecule has 2 heterocycles. The van der Waals surface area contributed by atoms with E-state index in [1.165, 1.54) is 6.20 Å². The fourth-order valence-electron chi connectivity index (χ4n) is 2.68. The topological polar surface area (TPSA) is 77.8 Å². The molecule has 4 aromatic rings. The van der Waals surface area contributed by atoms with E-state index in [-0.39, 0.29) is 11.0 Å². The number of nitrogens with one attached hydrogen (secondary N) is 3. The zero-order chi connectivity index (χ0) is 16.7. The van der Waals surface area contributed by atoms with Gasteiger partial charge in [0.15, 0.2) is 0 Å². The molecule has 4 rings (SSSR count). The molecule has 3 N–H and O–H groups in total. The van der Waals surface area contributed by atoms with Crippen LogP contribution < -0.4 is 10.7 Å². The Balaban J connectivity index is 1.72. The summed E-state index contributed by atoms with van der Waals surface area (Å²) in [4.78, 5) is 31.0. The number of anilines is 1. The Kier molecular flexibility index (Phi) is 3.36. The van der Waals surface area contributed by atoms with E-state index in [2.05, 4.69) is 15.3 Å². The van der Waals surface area contributed by atoms with Crippen LogP contribution in [0.25, 0.3) is 21.8 Å². The fraction of sp³-hybridized carbons (Fsp3) is 0. The van der Waals surface area contributed by atoms with Crippen molar-refractivity contribution in [1.82, 2.24) is 9.97 Å². The van der Waals surface area contributed by atoms with E-state index in [0.717, 1.165) is 10.9 Å². The van der Waals surface area contributed by atoms with Crippen molar-refractivity contribution in [2.45, 2.75) is 0 Å². The molecular weight excluding hydrogens is 326 g/mol. The molecule has 1 amide bonds. The highest BCUT2D eigenvalue weighted by molar-refractivity contribution is 6.31. The molecule has 0 aliphatic carbocycles. The van der Waals surface area contributed by atoms with Crippen molar-refractivity contribution in [2.24, 2.45) is 0 Å². The second kappa shape index (κ2) is 5.54. The summed E-state index contributed by atoms with van der Waals surface area (Å²) in [5.41, 5.74) is 1.84. The number of carbonyl (C=O) groups is 1. The largest absolute Gasteiger partial charge is 0.361 e. The van der Waals surface area contributed by atoms with E-state index in [0.29, 0.717) is 21.6 Å². The maximum atomic E-state index is 12.5. The minimum atomic E-state index is -0.468. The number of hydrogen-bond donors (Lipinski definition) is 3. The highest BCUT2D eigenvalue weighted by atomic mass is 35.5. The number of fused-ring (bicyclic) bond motifs is 2. The van der Waals surface area contributed by atoms with Gasteiger partial charge in [-0.1, -0.05) is 17.7 Å². The lowest BCUT2D eigenvalue weighted by Gasteiger charge is -2.06. The summed E-state index contributed by atoms with van der Waals surface area (Å²) in [6, 6.07) is 12.4. The van der Waals surface area contributed by atoms with Crippen LogP contribution >= 0.6 is 11.6 Å². The van der Waals surface area contributed by atoms with Crippen LogP contribution in [0.2, 0.25) is 5.02 Å². The second-order valence-corrected chi connectivity index (χ2v) is 5.89. The van der Waals surface area contributed by atoms with Gasteiger partial charge < -0.3 is 15.3 Å². The van der Waals surface area contributed by atoms with Crippen LogP contribution in [0.4, 0.5) is 5.69 Å². The number of rotatable bonds is 2. The van der Waals surface area contributed by atoms with Gasteiger partial charge >= 0.3 is 0 Å². The lowest BCUT2D eigenvalue weighted by molar-refractivity contribution is 0.102. The first-order chi connectivity index (χ1) is 11.6. The molecule has 118 valence electrons. The average Bonchev–Trinajstić information content (AvgIpc) is 3.03. The number of H-pyrrole nitrogens is 2. The average molecular weight is 338 g/mol. The Morgan fingerprint density at radius 3 is 2.75 bits per heavy atom. The smallest absolute Gasteiger partial charge is 0.261 e. The van der Waals surface area contributed by atoms with E-state index in [4.69, 9.17) is 11.6 Å². The first-order valence-corrected chi connectivity index (χ1v) is 7.69. The highest BCUT2D eigenvalue weighted by Gasteiger charge is 2.13. The van der Waals surface area contributed by atoms with E-state index in [1.807, 2.05) is 24.4 Å². The standard InChI is InChI=1S/C18H12ClN3O2/c19-11-2-4-15-13(7-11)17(23)14(9-21-15)18(24)22-12-3-1-10-5-6-20-16(10)8-12/h1-9,20H,(H,21,23)(H,22,24). The van der Waals surface area contributed by atoms with Crippen LogP contribution in [0.5, 0.6) is 0 Å². The molecule has 0 bridgehead atoms. The number of amides is 1. The molecule has 24 heavy (non-hydrogen) atoms. The van der Waals surface area contributed by atoms with E-state index < -0.39 is 5.91 Å². The second-order valence-electron chi connectivity index (χ2n) is 5.46. The molecule has 2 aromatic heterocycles. The predicted octanol–water partition coefficient (Wildman–Crippen LogP) is 3.92. The predicted molar refractivity (Wildman–Crippen MR) is 95.8 cm³/mol. The third kappa shape index (κ3) is 2.45. The maximum Gasteiger partial charge on any atom is 0.261 e. The summed E-state index contributed by atoms with van der Waals surface area (Å²) >= 11 is 5.94. The molecule has 0 unspecified atom stereocenters. The van der Waals surface area contributed by atoms with Gasteiger partial charge in [0, 0.05) is 39.5 Å².